The molecule has 4 heteroatoms. The fourth-order valence-electron chi connectivity index (χ4n) is 1.39. The highest BCUT2D eigenvalue weighted by molar-refractivity contribution is 6.64. The number of methoxy groups -OCH3 is 1. The molecule has 0 radical (unpaired) electrons. The van der Waals surface area contributed by atoms with Gasteiger partial charge in [-0.25, -0.2) is 0 Å². The number of hydrogen-bond donors (Lipinski definition) is 0. The van der Waals surface area contributed by atoms with E-state index in [0.717, 1.165) is 17.9 Å². The molecule has 0 saturated heterocycles. The van der Waals surface area contributed by atoms with E-state index < -0.39 is 8.56 Å². The van der Waals surface area contributed by atoms with E-state index in [1.807, 2.05) is 24.3 Å². The van der Waals surface area contributed by atoms with Gasteiger partial charge in [0, 0.05) is 6.61 Å². The van der Waals surface area contributed by atoms with Crippen molar-refractivity contribution in [3.63, 3.8) is 0 Å². The summed E-state index contributed by atoms with van der Waals surface area (Å²) in [5, 5.41) is 0. The molecule has 102 valence electrons. The molecule has 18 heavy (non-hydrogen) atoms. The number of benzene rings is 1. The summed E-state index contributed by atoms with van der Waals surface area (Å²) in [4.78, 5) is 0. The molecule has 0 aliphatic carbocycles. The van der Waals surface area contributed by atoms with Crippen LogP contribution in [0.5, 0.6) is 5.75 Å². The first kappa shape index (κ1) is 15.2. The van der Waals surface area contributed by atoms with Crippen LogP contribution in [-0.4, -0.2) is 22.3 Å². The average molecular weight is 268 g/mol. The molecule has 1 rings (SSSR count). The normalized spacial score (nSPS) is 11.9. The second kappa shape index (κ2) is 6.92. The molecule has 1 aromatic carbocycles. The Bertz CT molecular complexity index is 347. The van der Waals surface area contributed by atoms with E-state index in [-0.39, 0.29) is 0 Å². The quantitative estimate of drug-likeness (QED) is 0.707. The van der Waals surface area contributed by atoms with Crippen LogP contribution in [-0.2, 0) is 15.5 Å². The molecule has 1 aromatic rings. The number of rotatable bonds is 7. The van der Waals surface area contributed by atoms with E-state index >= 15 is 0 Å². The summed E-state index contributed by atoms with van der Waals surface area (Å²) in [7, 11) is -0.334. The molecule has 0 unspecified atom stereocenters. The highest BCUT2D eigenvalue weighted by Gasteiger charge is 2.24. The molecule has 0 aromatic heterocycles. The second-order valence-corrected chi connectivity index (χ2v) is 8.62. The standard InChI is InChI=1S/C14H24O3Si/c1-12(2)10-16-18(4,5)17-11-13-6-8-14(15-3)9-7-13/h6-9,12H,10-11H2,1-5H3. The minimum atomic E-state index is -2.00. The molecule has 0 aliphatic rings. The largest absolute Gasteiger partial charge is 0.497 e. The zero-order valence-corrected chi connectivity index (χ0v) is 13.0. The Morgan fingerprint density at radius 3 is 2.17 bits per heavy atom. The van der Waals surface area contributed by atoms with Gasteiger partial charge in [-0.1, -0.05) is 26.0 Å². The molecule has 0 fully saturated rings. The van der Waals surface area contributed by atoms with Crippen molar-refractivity contribution >= 4 is 8.56 Å². The summed E-state index contributed by atoms with van der Waals surface area (Å²) < 4.78 is 16.9. The van der Waals surface area contributed by atoms with Crippen molar-refractivity contribution in [2.45, 2.75) is 33.5 Å². The Labute approximate surface area is 111 Å². The van der Waals surface area contributed by atoms with Gasteiger partial charge in [-0.3, -0.25) is 0 Å². The van der Waals surface area contributed by atoms with Gasteiger partial charge < -0.3 is 13.6 Å². The Morgan fingerprint density at radius 1 is 1.06 bits per heavy atom. The molecule has 0 saturated carbocycles. The third-order valence-electron chi connectivity index (χ3n) is 2.51. The molecule has 0 atom stereocenters. The van der Waals surface area contributed by atoms with Crippen molar-refractivity contribution in [3.05, 3.63) is 29.8 Å². The summed E-state index contributed by atoms with van der Waals surface area (Å²) in [5.74, 6) is 1.41. The van der Waals surface area contributed by atoms with Gasteiger partial charge in [0.05, 0.1) is 13.7 Å². The summed E-state index contributed by atoms with van der Waals surface area (Å²) in [6.07, 6.45) is 0. The van der Waals surface area contributed by atoms with Gasteiger partial charge in [-0.15, -0.1) is 0 Å². The fourth-order valence-corrected chi connectivity index (χ4v) is 2.72. The first-order valence-corrected chi connectivity index (χ1v) is 9.15. The Morgan fingerprint density at radius 2 is 1.67 bits per heavy atom. The van der Waals surface area contributed by atoms with Gasteiger partial charge in [0.1, 0.15) is 5.75 Å². The van der Waals surface area contributed by atoms with Crippen LogP contribution in [0.4, 0.5) is 0 Å². The maximum atomic E-state index is 5.92. The molecule has 0 aliphatic heterocycles. The van der Waals surface area contributed by atoms with Crippen molar-refractivity contribution < 1.29 is 13.6 Å². The van der Waals surface area contributed by atoms with Crippen molar-refractivity contribution in [1.29, 1.82) is 0 Å². The summed E-state index contributed by atoms with van der Waals surface area (Å²) in [6.45, 7) is 9.82. The second-order valence-electron chi connectivity index (χ2n) is 5.24. The van der Waals surface area contributed by atoms with Crippen LogP contribution in [0.25, 0.3) is 0 Å². The SMILES string of the molecule is COc1ccc(CO[Si](C)(C)OCC(C)C)cc1. The minimum absolute atomic E-state index is 0.543. The molecular weight excluding hydrogens is 244 g/mol. The first-order chi connectivity index (χ1) is 8.43. The summed E-state index contributed by atoms with van der Waals surface area (Å²) >= 11 is 0. The highest BCUT2D eigenvalue weighted by Crippen LogP contribution is 2.15. The van der Waals surface area contributed by atoms with Crippen LogP contribution in [0.2, 0.25) is 13.1 Å². The van der Waals surface area contributed by atoms with E-state index in [1.54, 1.807) is 7.11 Å². The lowest BCUT2D eigenvalue weighted by Crippen LogP contribution is -2.35. The smallest absolute Gasteiger partial charge is 0.332 e. The van der Waals surface area contributed by atoms with Crippen molar-refractivity contribution in [1.82, 2.24) is 0 Å². The van der Waals surface area contributed by atoms with E-state index in [9.17, 15) is 0 Å². The lowest BCUT2D eigenvalue weighted by molar-refractivity contribution is 0.155. The maximum absolute atomic E-state index is 5.92. The van der Waals surface area contributed by atoms with Crippen molar-refractivity contribution in [2.75, 3.05) is 13.7 Å². The zero-order chi connectivity index (χ0) is 13.6. The van der Waals surface area contributed by atoms with Crippen LogP contribution >= 0.6 is 0 Å². The summed E-state index contributed by atoms with van der Waals surface area (Å²) in [5.41, 5.74) is 1.14. The van der Waals surface area contributed by atoms with Gasteiger partial charge in [0.2, 0.25) is 0 Å². The molecule has 0 N–H and O–H groups in total. The lowest BCUT2D eigenvalue weighted by Gasteiger charge is -2.24. The molecule has 0 spiro atoms. The van der Waals surface area contributed by atoms with Crippen LogP contribution < -0.4 is 4.74 Å². The predicted octanol–water partition coefficient (Wildman–Crippen LogP) is 3.59. The molecule has 0 bridgehead atoms. The molecule has 0 heterocycles. The lowest BCUT2D eigenvalue weighted by atomic mass is 10.2. The van der Waals surface area contributed by atoms with Crippen LogP contribution in [0.3, 0.4) is 0 Å². The third kappa shape index (κ3) is 5.66. The van der Waals surface area contributed by atoms with Gasteiger partial charge in [-0.2, -0.15) is 0 Å². The average Bonchev–Trinajstić information content (AvgIpc) is 2.35. The monoisotopic (exact) mass is 268 g/mol. The minimum Gasteiger partial charge on any atom is -0.497 e. The van der Waals surface area contributed by atoms with Gasteiger partial charge >= 0.3 is 8.56 Å². The van der Waals surface area contributed by atoms with Gasteiger partial charge in [-0.05, 0) is 36.7 Å². The van der Waals surface area contributed by atoms with Crippen LogP contribution in [0.15, 0.2) is 24.3 Å². The number of ether oxygens (including phenoxy) is 1. The van der Waals surface area contributed by atoms with E-state index in [0.29, 0.717) is 12.5 Å². The van der Waals surface area contributed by atoms with Crippen LogP contribution in [0.1, 0.15) is 19.4 Å². The van der Waals surface area contributed by atoms with E-state index in [4.69, 9.17) is 13.6 Å². The van der Waals surface area contributed by atoms with Gasteiger partial charge in [0.25, 0.3) is 0 Å². The highest BCUT2D eigenvalue weighted by atomic mass is 28.4. The van der Waals surface area contributed by atoms with Gasteiger partial charge in [0.15, 0.2) is 0 Å². The fraction of sp³-hybridized carbons (Fsp3) is 0.571. The zero-order valence-electron chi connectivity index (χ0n) is 12.0. The van der Waals surface area contributed by atoms with Crippen molar-refractivity contribution in [3.8, 4) is 5.75 Å². The van der Waals surface area contributed by atoms with E-state index in [1.165, 1.54) is 0 Å². The third-order valence-corrected chi connectivity index (χ3v) is 4.21. The maximum Gasteiger partial charge on any atom is 0.332 e. The Hall–Kier alpha value is -0.843. The Kier molecular flexibility index (Phi) is 5.85. The van der Waals surface area contributed by atoms with E-state index in [2.05, 4.69) is 26.9 Å². The molecular formula is C14H24O3Si. The predicted molar refractivity (Wildman–Crippen MR) is 76.1 cm³/mol. The van der Waals surface area contributed by atoms with Crippen LogP contribution in [0, 0.1) is 5.92 Å². The van der Waals surface area contributed by atoms with Crippen molar-refractivity contribution in [2.24, 2.45) is 5.92 Å². The Balaban J connectivity index is 2.42. The molecule has 0 amide bonds. The number of hydrogen-bond acceptors (Lipinski definition) is 3. The first-order valence-electron chi connectivity index (χ1n) is 6.34. The summed E-state index contributed by atoms with van der Waals surface area (Å²) in [6, 6.07) is 7.93. The molecule has 3 nitrogen and oxygen atoms in total. The topological polar surface area (TPSA) is 27.7 Å².